The Morgan fingerprint density at radius 1 is 1.73 bits per heavy atom. The first-order valence-corrected chi connectivity index (χ1v) is 4.45. The highest BCUT2D eigenvalue weighted by atomic mass is 79.9. The van der Waals surface area contributed by atoms with Crippen LogP contribution in [0.15, 0.2) is 10.8 Å². The number of rotatable bonds is 2. The fraction of sp³-hybridized carbons (Fsp3) is 0.571. The van der Waals surface area contributed by atoms with Crippen molar-refractivity contribution in [1.29, 1.82) is 0 Å². The third-order valence-electron chi connectivity index (χ3n) is 1.87. The van der Waals surface area contributed by atoms with Crippen LogP contribution in [0.3, 0.4) is 0 Å². The van der Waals surface area contributed by atoms with E-state index in [9.17, 15) is 0 Å². The second kappa shape index (κ2) is 2.60. The third kappa shape index (κ3) is 1.20. The van der Waals surface area contributed by atoms with Gasteiger partial charge in [-0.15, -0.1) is 0 Å². The highest BCUT2D eigenvalue weighted by Gasteiger charge is 2.26. The molecule has 1 aliphatic carbocycles. The SMILES string of the molecule is OCc1cnn(C2CC2)c1Br. The number of aromatic nitrogens is 2. The van der Waals surface area contributed by atoms with Gasteiger partial charge in [0.25, 0.3) is 0 Å². The molecule has 0 saturated heterocycles. The van der Waals surface area contributed by atoms with Crippen molar-refractivity contribution in [2.24, 2.45) is 0 Å². The summed E-state index contributed by atoms with van der Waals surface area (Å²) in [5.41, 5.74) is 0.872. The predicted molar refractivity (Wildman–Crippen MR) is 44.1 cm³/mol. The summed E-state index contributed by atoms with van der Waals surface area (Å²) in [5.74, 6) is 0. The van der Waals surface area contributed by atoms with Crippen LogP contribution in [0.4, 0.5) is 0 Å². The Hall–Kier alpha value is -0.350. The maximum atomic E-state index is 8.85. The molecule has 0 amide bonds. The van der Waals surface area contributed by atoms with Crippen molar-refractivity contribution < 1.29 is 5.11 Å². The molecule has 1 saturated carbocycles. The molecule has 1 heterocycles. The molecule has 1 fully saturated rings. The molecule has 1 aliphatic rings. The molecule has 4 heteroatoms. The summed E-state index contributed by atoms with van der Waals surface area (Å²) in [6.07, 6.45) is 4.14. The minimum atomic E-state index is 0.0628. The maximum absolute atomic E-state index is 8.85. The molecule has 3 nitrogen and oxygen atoms in total. The summed E-state index contributed by atoms with van der Waals surface area (Å²) in [7, 11) is 0. The number of hydrogen-bond acceptors (Lipinski definition) is 2. The van der Waals surface area contributed by atoms with E-state index >= 15 is 0 Å². The lowest BCUT2D eigenvalue weighted by Crippen LogP contribution is -1.95. The van der Waals surface area contributed by atoms with Crippen LogP contribution in [0, 0.1) is 0 Å². The van der Waals surface area contributed by atoms with Crippen LogP contribution in [0.2, 0.25) is 0 Å². The van der Waals surface area contributed by atoms with Gasteiger partial charge >= 0.3 is 0 Å². The van der Waals surface area contributed by atoms with E-state index in [1.54, 1.807) is 6.20 Å². The van der Waals surface area contributed by atoms with Crippen molar-refractivity contribution in [2.45, 2.75) is 25.5 Å². The van der Waals surface area contributed by atoms with E-state index in [0.717, 1.165) is 10.2 Å². The van der Waals surface area contributed by atoms with Gasteiger partial charge in [0.1, 0.15) is 4.60 Å². The van der Waals surface area contributed by atoms with Gasteiger partial charge in [0.15, 0.2) is 0 Å². The van der Waals surface area contributed by atoms with Crippen LogP contribution >= 0.6 is 15.9 Å². The molecular weight excluding hydrogens is 208 g/mol. The molecule has 0 spiro atoms. The summed E-state index contributed by atoms with van der Waals surface area (Å²) in [5, 5.41) is 13.0. The zero-order valence-corrected chi connectivity index (χ0v) is 7.58. The van der Waals surface area contributed by atoms with Crippen LogP contribution in [-0.4, -0.2) is 14.9 Å². The summed E-state index contributed by atoms with van der Waals surface area (Å²) in [6.45, 7) is 0.0628. The fourth-order valence-corrected chi connectivity index (χ4v) is 1.67. The van der Waals surface area contributed by atoms with Crippen LogP contribution in [-0.2, 0) is 6.61 Å². The predicted octanol–water partition coefficient (Wildman–Crippen LogP) is 1.47. The van der Waals surface area contributed by atoms with Gasteiger partial charge in [0, 0.05) is 5.56 Å². The lowest BCUT2D eigenvalue weighted by molar-refractivity contribution is 0.281. The molecule has 0 bridgehead atoms. The normalized spacial score (nSPS) is 17.3. The minimum Gasteiger partial charge on any atom is -0.392 e. The summed E-state index contributed by atoms with van der Waals surface area (Å²) in [6, 6.07) is 0.574. The Morgan fingerprint density at radius 2 is 2.45 bits per heavy atom. The van der Waals surface area contributed by atoms with Crippen LogP contribution in [0.25, 0.3) is 0 Å². The number of aliphatic hydroxyl groups is 1. The molecule has 2 rings (SSSR count). The zero-order chi connectivity index (χ0) is 7.84. The number of halogens is 1. The molecule has 0 unspecified atom stereocenters. The van der Waals surface area contributed by atoms with Crippen LogP contribution < -0.4 is 0 Å². The van der Waals surface area contributed by atoms with Gasteiger partial charge in [-0.1, -0.05) is 0 Å². The van der Waals surface area contributed by atoms with Crippen molar-refractivity contribution in [1.82, 2.24) is 9.78 Å². The topological polar surface area (TPSA) is 38.1 Å². The van der Waals surface area contributed by atoms with Crippen molar-refractivity contribution >= 4 is 15.9 Å². The van der Waals surface area contributed by atoms with Gasteiger partial charge in [0.05, 0.1) is 18.8 Å². The smallest absolute Gasteiger partial charge is 0.109 e. The van der Waals surface area contributed by atoms with E-state index < -0.39 is 0 Å². The summed E-state index contributed by atoms with van der Waals surface area (Å²) >= 11 is 3.39. The van der Waals surface area contributed by atoms with Gasteiger partial charge in [-0.25, -0.2) is 0 Å². The molecule has 1 N–H and O–H groups in total. The van der Waals surface area contributed by atoms with Crippen molar-refractivity contribution in [2.75, 3.05) is 0 Å². The molecule has 1 aromatic rings. The number of nitrogens with zero attached hydrogens (tertiary/aromatic N) is 2. The van der Waals surface area contributed by atoms with Gasteiger partial charge in [0.2, 0.25) is 0 Å². The lowest BCUT2D eigenvalue weighted by atomic mass is 10.4. The fourth-order valence-electron chi connectivity index (χ4n) is 1.06. The third-order valence-corrected chi connectivity index (χ3v) is 2.74. The lowest BCUT2D eigenvalue weighted by Gasteiger charge is -1.98. The summed E-state index contributed by atoms with van der Waals surface area (Å²) < 4.78 is 2.87. The maximum Gasteiger partial charge on any atom is 0.109 e. The standard InChI is InChI=1S/C7H9BrN2O/c8-7-5(4-11)3-9-10(7)6-1-2-6/h3,6,11H,1-2,4H2. The van der Waals surface area contributed by atoms with Crippen LogP contribution in [0.1, 0.15) is 24.4 Å². The van der Waals surface area contributed by atoms with Gasteiger partial charge in [-0.05, 0) is 28.8 Å². The molecule has 0 aliphatic heterocycles. The Labute approximate surface area is 73.2 Å². The van der Waals surface area contributed by atoms with E-state index in [-0.39, 0.29) is 6.61 Å². The Morgan fingerprint density at radius 3 is 2.91 bits per heavy atom. The molecule has 0 radical (unpaired) electrons. The first-order chi connectivity index (χ1) is 5.33. The molecule has 11 heavy (non-hydrogen) atoms. The summed E-state index contributed by atoms with van der Waals surface area (Å²) in [4.78, 5) is 0. The van der Waals surface area contributed by atoms with Crippen molar-refractivity contribution in [3.05, 3.63) is 16.4 Å². The molecule has 1 aromatic heterocycles. The zero-order valence-electron chi connectivity index (χ0n) is 6.00. The van der Waals surface area contributed by atoms with Gasteiger partial charge < -0.3 is 5.11 Å². The average molecular weight is 217 g/mol. The average Bonchev–Trinajstić information content (AvgIpc) is 2.77. The highest BCUT2D eigenvalue weighted by Crippen LogP contribution is 2.37. The first-order valence-electron chi connectivity index (χ1n) is 3.65. The Bertz CT molecular complexity index is 267. The van der Waals surface area contributed by atoms with E-state index in [2.05, 4.69) is 21.0 Å². The van der Waals surface area contributed by atoms with E-state index in [4.69, 9.17) is 5.11 Å². The van der Waals surface area contributed by atoms with E-state index in [1.165, 1.54) is 12.8 Å². The van der Waals surface area contributed by atoms with E-state index in [1.807, 2.05) is 4.68 Å². The monoisotopic (exact) mass is 216 g/mol. The second-order valence-electron chi connectivity index (χ2n) is 2.79. The van der Waals surface area contributed by atoms with Gasteiger partial charge in [-0.2, -0.15) is 5.10 Å². The highest BCUT2D eigenvalue weighted by molar-refractivity contribution is 9.10. The van der Waals surface area contributed by atoms with Crippen molar-refractivity contribution in [3.63, 3.8) is 0 Å². The quantitative estimate of drug-likeness (QED) is 0.814. The molecule has 60 valence electrons. The van der Waals surface area contributed by atoms with Crippen LogP contribution in [0.5, 0.6) is 0 Å². The molecular formula is C7H9BrN2O. The van der Waals surface area contributed by atoms with E-state index in [0.29, 0.717) is 6.04 Å². The number of aliphatic hydroxyl groups excluding tert-OH is 1. The number of hydrogen-bond donors (Lipinski definition) is 1. The second-order valence-corrected chi connectivity index (χ2v) is 3.55. The van der Waals surface area contributed by atoms with Gasteiger partial charge in [-0.3, -0.25) is 4.68 Å². The van der Waals surface area contributed by atoms with Crippen molar-refractivity contribution in [3.8, 4) is 0 Å². The molecule has 0 aromatic carbocycles. The minimum absolute atomic E-state index is 0.0628. The Balaban J connectivity index is 2.33. The molecule has 0 atom stereocenters. The Kier molecular flexibility index (Phi) is 1.73. The first kappa shape index (κ1) is 7.31. The largest absolute Gasteiger partial charge is 0.392 e.